The highest BCUT2D eigenvalue weighted by molar-refractivity contribution is 9.10. The largest absolute Gasteiger partial charge is 0.289 e. The van der Waals surface area contributed by atoms with Gasteiger partial charge in [0.05, 0.1) is 5.69 Å². The quantitative estimate of drug-likeness (QED) is 0.645. The molecule has 0 amide bonds. The van der Waals surface area contributed by atoms with Crippen LogP contribution in [0.25, 0.3) is 6.08 Å². The zero-order valence-electron chi connectivity index (χ0n) is 8.13. The third-order valence-electron chi connectivity index (χ3n) is 1.91. The van der Waals surface area contributed by atoms with E-state index in [0.717, 1.165) is 4.47 Å². The van der Waals surface area contributed by atoms with Crippen molar-refractivity contribution in [3.8, 4) is 0 Å². The van der Waals surface area contributed by atoms with Crippen LogP contribution in [0.1, 0.15) is 16.1 Å². The Morgan fingerprint density at radius 3 is 2.69 bits per heavy atom. The molecular weight excluding hydrogens is 288 g/mol. The van der Waals surface area contributed by atoms with Crippen molar-refractivity contribution < 1.29 is 4.79 Å². The first-order valence-corrected chi connectivity index (χ1v) is 6.14. The number of allylic oxidation sites excluding steroid dienone is 1. The number of ketones is 1. The van der Waals surface area contributed by atoms with E-state index in [1.54, 1.807) is 23.6 Å². The lowest BCUT2D eigenvalue weighted by molar-refractivity contribution is 0.104. The molecule has 0 bridgehead atoms. The number of hydrogen-bond acceptors (Lipinski definition) is 4. The number of carbonyl (C=O) groups is 1. The van der Waals surface area contributed by atoms with Crippen LogP contribution in [0.3, 0.4) is 0 Å². The van der Waals surface area contributed by atoms with Crippen molar-refractivity contribution in [2.75, 3.05) is 0 Å². The molecule has 0 saturated carbocycles. The lowest BCUT2D eigenvalue weighted by Gasteiger charge is -1.94. The predicted molar refractivity (Wildman–Crippen MR) is 67.4 cm³/mol. The Morgan fingerprint density at radius 2 is 2.06 bits per heavy atom. The maximum Gasteiger partial charge on any atom is 0.185 e. The summed E-state index contributed by atoms with van der Waals surface area (Å²) in [5.74, 6) is -0.0412. The van der Waals surface area contributed by atoms with E-state index in [1.807, 2.05) is 12.1 Å². The van der Waals surface area contributed by atoms with Crippen LogP contribution in [0, 0.1) is 0 Å². The molecule has 0 saturated heterocycles. The van der Waals surface area contributed by atoms with Crippen LogP contribution in [0.15, 0.2) is 40.2 Å². The van der Waals surface area contributed by atoms with Crippen molar-refractivity contribution in [2.24, 2.45) is 0 Å². The van der Waals surface area contributed by atoms with E-state index in [0.29, 0.717) is 11.3 Å². The minimum Gasteiger partial charge on any atom is -0.289 e. The van der Waals surface area contributed by atoms with E-state index in [9.17, 15) is 4.79 Å². The second kappa shape index (κ2) is 5.14. The molecule has 0 N–H and O–H groups in total. The molecule has 0 radical (unpaired) electrons. The second-order valence-electron chi connectivity index (χ2n) is 3.03. The van der Waals surface area contributed by atoms with Crippen LogP contribution in [0.5, 0.6) is 0 Å². The molecule has 0 atom stereocenters. The van der Waals surface area contributed by atoms with Crippen LogP contribution >= 0.6 is 27.5 Å². The normalized spacial score (nSPS) is 10.8. The number of nitrogens with zero attached hydrogens (tertiary/aromatic N) is 2. The smallest absolute Gasteiger partial charge is 0.185 e. The Labute approximate surface area is 105 Å². The van der Waals surface area contributed by atoms with Crippen molar-refractivity contribution in [3.05, 3.63) is 51.5 Å². The van der Waals surface area contributed by atoms with Gasteiger partial charge in [-0.3, -0.25) is 4.79 Å². The van der Waals surface area contributed by atoms with Gasteiger partial charge in [-0.25, -0.2) is 0 Å². The van der Waals surface area contributed by atoms with Gasteiger partial charge in [0.25, 0.3) is 0 Å². The number of aromatic nitrogens is 2. The van der Waals surface area contributed by atoms with Gasteiger partial charge in [0.2, 0.25) is 0 Å². The zero-order chi connectivity index (χ0) is 11.4. The van der Waals surface area contributed by atoms with Crippen LogP contribution in [-0.2, 0) is 0 Å². The van der Waals surface area contributed by atoms with Gasteiger partial charge in [0.15, 0.2) is 5.78 Å². The van der Waals surface area contributed by atoms with Gasteiger partial charge < -0.3 is 0 Å². The first-order chi connectivity index (χ1) is 7.75. The fraction of sp³-hybridized carbons (Fsp3) is 0. The van der Waals surface area contributed by atoms with E-state index < -0.39 is 0 Å². The maximum absolute atomic E-state index is 11.7. The summed E-state index contributed by atoms with van der Waals surface area (Å²) in [5, 5.41) is 5.60. The first kappa shape index (κ1) is 11.2. The second-order valence-corrected chi connectivity index (χ2v) is 4.56. The monoisotopic (exact) mass is 294 g/mol. The topological polar surface area (TPSA) is 42.9 Å². The van der Waals surface area contributed by atoms with Gasteiger partial charge in [-0.1, -0.05) is 20.4 Å². The summed E-state index contributed by atoms with van der Waals surface area (Å²) < 4.78 is 4.66. The van der Waals surface area contributed by atoms with E-state index >= 15 is 0 Å². The minimum atomic E-state index is -0.0412. The molecule has 0 unspecified atom stereocenters. The first-order valence-electron chi connectivity index (χ1n) is 4.51. The van der Waals surface area contributed by atoms with E-state index in [2.05, 4.69) is 25.5 Å². The summed E-state index contributed by atoms with van der Waals surface area (Å²) in [6.07, 6.45) is 3.16. The Kier molecular flexibility index (Phi) is 3.58. The van der Waals surface area contributed by atoms with Gasteiger partial charge in [-0.05, 0) is 47.9 Å². The average molecular weight is 295 g/mol. The lowest BCUT2D eigenvalue weighted by Crippen LogP contribution is -1.93. The highest BCUT2D eigenvalue weighted by atomic mass is 79.9. The summed E-state index contributed by atoms with van der Waals surface area (Å²) in [6, 6.07) is 7.23. The van der Waals surface area contributed by atoms with Crippen LogP contribution in [-0.4, -0.2) is 15.4 Å². The van der Waals surface area contributed by atoms with Crippen molar-refractivity contribution >= 4 is 39.3 Å². The number of halogens is 1. The van der Waals surface area contributed by atoms with Crippen molar-refractivity contribution in [3.63, 3.8) is 0 Å². The highest BCUT2D eigenvalue weighted by Gasteiger charge is 2.01. The standard InChI is InChI=1S/C11H7BrN2OS/c12-9-3-1-8(2-4-9)11(15)6-5-10-7-16-14-13-10/h1-7H. The van der Waals surface area contributed by atoms with Crippen molar-refractivity contribution in [1.82, 2.24) is 9.59 Å². The van der Waals surface area contributed by atoms with Crippen molar-refractivity contribution in [2.45, 2.75) is 0 Å². The molecule has 0 aliphatic heterocycles. The molecule has 0 aliphatic rings. The molecule has 1 aromatic heterocycles. The Balaban J connectivity index is 2.11. The van der Waals surface area contributed by atoms with Gasteiger partial charge in [-0.2, -0.15) is 0 Å². The molecule has 3 nitrogen and oxygen atoms in total. The van der Waals surface area contributed by atoms with E-state index in [-0.39, 0.29) is 5.78 Å². The van der Waals surface area contributed by atoms with Gasteiger partial charge in [-0.15, -0.1) is 5.10 Å². The summed E-state index contributed by atoms with van der Waals surface area (Å²) in [4.78, 5) is 11.7. The molecule has 2 rings (SSSR count). The maximum atomic E-state index is 11.7. The van der Waals surface area contributed by atoms with Gasteiger partial charge in [0, 0.05) is 15.4 Å². The fourth-order valence-corrected chi connectivity index (χ4v) is 1.80. The van der Waals surface area contributed by atoms with Gasteiger partial charge >= 0.3 is 0 Å². The highest BCUT2D eigenvalue weighted by Crippen LogP contribution is 2.11. The SMILES string of the molecule is O=C(C=Cc1csnn1)c1ccc(Br)cc1. The van der Waals surface area contributed by atoms with E-state index in [4.69, 9.17) is 0 Å². The third-order valence-corrected chi connectivity index (χ3v) is 2.96. The van der Waals surface area contributed by atoms with Gasteiger partial charge in [0.1, 0.15) is 0 Å². The number of hydrogen-bond donors (Lipinski definition) is 0. The Morgan fingerprint density at radius 1 is 1.31 bits per heavy atom. The lowest BCUT2D eigenvalue weighted by atomic mass is 10.1. The predicted octanol–water partition coefficient (Wildman–Crippen LogP) is 3.20. The summed E-state index contributed by atoms with van der Waals surface area (Å²) in [5.41, 5.74) is 1.36. The summed E-state index contributed by atoms with van der Waals surface area (Å²) in [6.45, 7) is 0. The molecular formula is C11H7BrN2OS. The molecule has 0 fully saturated rings. The number of benzene rings is 1. The number of carbonyl (C=O) groups excluding carboxylic acids is 1. The Bertz CT molecular complexity index is 505. The van der Waals surface area contributed by atoms with Crippen LogP contribution < -0.4 is 0 Å². The van der Waals surface area contributed by atoms with E-state index in [1.165, 1.54) is 17.6 Å². The Hall–Kier alpha value is -1.33. The van der Waals surface area contributed by atoms with Crippen LogP contribution in [0.2, 0.25) is 0 Å². The molecule has 1 heterocycles. The number of rotatable bonds is 3. The third kappa shape index (κ3) is 2.84. The minimum absolute atomic E-state index is 0.0412. The fourth-order valence-electron chi connectivity index (χ4n) is 1.12. The molecule has 80 valence electrons. The zero-order valence-corrected chi connectivity index (χ0v) is 10.5. The molecule has 1 aromatic carbocycles. The average Bonchev–Trinajstić information content (AvgIpc) is 2.80. The molecule has 5 heteroatoms. The molecule has 0 spiro atoms. The summed E-state index contributed by atoms with van der Waals surface area (Å²) in [7, 11) is 0. The molecule has 2 aromatic rings. The summed E-state index contributed by atoms with van der Waals surface area (Å²) >= 11 is 4.58. The molecule has 0 aliphatic carbocycles. The van der Waals surface area contributed by atoms with Crippen LogP contribution in [0.4, 0.5) is 0 Å². The van der Waals surface area contributed by atoms with Crippen molar-refractivity contribution in [1.29, 1.82) is 0 Å². The molecule has 16 heavy (non-hydrogen) atoms.